The molecular weight excluding hydrogens is 298 g/mol. The van der Waals surface area contributed by atoms with E-state index in [2.05, 4.69) is 31.3 Å². The molecule has 1 aromatic carbocycles. The molecule has 0 saturated carbocycles. The summed E-state index contributed by atoms with van der Waals surface area (Å²) in [6.45, 7) is 4.21. The van der Waals surface area contributed by atoms with Gasteiger partial charge in [-0.05, 0) is 29.6 Å². The highest BCUT2D eigenvalue weighted by atomic mass is 32.2. The van der Waals surface area contributed by atoms with Crippen molar-refractivity contribution < 1.29 is 14.7 Å². The van der Waals surface area contributed by atoms with Crippen LogP contribution in [-0.4, -0.2) is 34.0 Å². The van der Waals surface area contributed by atoms with Crippen LogP contribution in [0.1, 0.15) is 38.7 Å². The number of carbonyl (C=O) groups is 2. The van der Waals surface area contributed by atoms with E-state index in [9.17, 15) is 14.7 Å². The number of thioether (sulfide) groups is 1. The Morgan fingerprint density at radius 1 is 1.32 bits per heavy atom. The molecule has 1 amide bonds. The Labute approximate surface area is 135 Å². The van der Waals surface area contributed by atoms with E-state index in [1.807, 2.05) is 18.2 Å². The summed E-state index contributed by atoms with van der Waals surface area (Å²) in [4.78, 5) is 23.7. The van der Waals surface area contributed by atoms with Crippen molar-refractivity contribution in [3.05, 3.63) is 35.9 Å². The molecule has 0 spiro atoms. The fourth-order valence-corrected chi connectivity index (χ4v) is 4.00. The first kappa shape index (κ1) is 16.9. The Bertz CT molecular complexity index is 536. The van der Waals surface area contributed by atoms with Crippen molar-refractivity contribution in [3.8, 4) is 0 Å². The number of amides is 1. The number of benzene rings is 1. The van der Waals surface area contributed by atoms with E-state index in [1.165, 1.54) is 5.56 Å². The summed E-state index contributed by atoms with van der Waals surface area (Å²) in [5.74, 6) is 0.139. The first-order chi connectivity index (χ1) is 10.4. The standard InChI is InChI=1S/C17H23NO3S/c1-16(2,13-6-4-3-5-7-13)9-8-14(19)18-17(15(20)21)10-11-22-12-17/h3-7H,8-12H2,1-2H3,(H,18,19)(H,20,21). The Kier molecular flexibility index (Phi) is 5.16. The molecular formula is C17H23NO3S. The first-order valence-corrected chi connectivity index (χ1v) is 8.69. The third-order valence-electron chi connectivity index (χ3n) is 4.34. The number of carbonyl (C=O) groups excluding carboxylic acids is 1. The molecule has 0 radical (unpaired) electrons. The van der Waals surface area contributed by atoms with Crippen LogP contribution in [0.4, 0.5) is 0 Å². The van der Waals surface area contributed by atoms with E-state index in [0.29, 0.717) is 25.0 Å². The maximum absolute atomic E-state index is 12.2. The second-order valence-corrected chi connectivity index (χ2v) is 7.59. The van der Waals surface area contributed by atoms with Crippen LogP contribution in [0, 0.1) is 0 Å². The average Bonchev–Trinajstić information content (AvgIpc) is 2.96. The zero-order valence-electron chi connectivity index (χ0n) is 13.1. The van der Waals surface area contributed by atoms with Crippen molar-refractivity contribution in [3.63, 3.8) is 0 Å². The molecule has 0 aromatic heterocycles. The van der Waals surface area contributed by atoms with Gasteiger partial charge in [-0.3, -0.25) is 4.79 Å². The van der Waals surface area contributed by atoms with Crippen molar-refractivity contribution in [1.29, 1.82) is 0 Å². The van der Waals surface area contributed by atoms with Crippen LogP contribution in [0.5, 0.6) is 0 Å². The van der Waals surface area contributed by atoms with Crippen LogP contribution in [0.15, 0.2) is 30.3 Å². The van der Waals surface area contributed by atoms with Crippen LogP contribution >= 0.6 is 11.8 Å². The van der Waals surface area contributed by atoms with E-state index in [0.717, 1.165) is 5.75 Å². The quantitative estimate of drug-likeness (QED) is 0.845. The minimum Gasteiger partial charge on any atom is -0.479 e. The highest BCUT2D eigenvalue weighted by Gasteiger charge is 2.43. The second-order valence-electron chi connectivity index (χ2n) is 6.49. The summed E-state index contributed by atoms with van der Waals surface area (Å²) in [7, 11) is 0. The molecule has 2 rings (SSSR count). The van der Waals surface area contributed by atoms with E-state index in [-0.39, 0.29) is 11.3 Å². The first-order valence-electron chi connectivity index (χ1n) is 7.53. The number of carboxylic acids is 1. The smallest absolute Gasteiger partial charge is 0.330 e. The van der Waals surface area contributed by atoms with Gasteiger partial charge in [0.2, 0.25) is 5.91 Å². The highest BCUT2D eigenvalue weighted by Crippen LogP contribution is 2.30. The molecule has 120 valence electrons. The molecule has 0 aliphatic carbocycles. The summed E-state index contributed by atoms with van der Waals surface area (Å²) in [5, 5.41) is 12.1. The predicted octanol–water partition coefficient (Wildman–Crippen LogP) is 2.82. The molecule has 22 heavy (non-hydrogen) atoms. The zero-order chi connectivity index (χ0) is 16.2. The summed E-state index contributed by atoms with van der Waals surface area (Å²) in [5.41, 5.74) is 0.00471. The molecule has 0 bridgehead atoms. The van der Waals surface area contributed by atoms with Crippen LogP contribution in [0.3, 0.4) is 0 Å². The maximum Gasteiger partial charge on any atom is 0.330 e. The van der Waals surface area contributed by atoms with E-state index < -0.39 is 11.5 Å². The number of carboxylic acid groups (broad SMARTS) is 1. The second kappa shape index (κ2) is 6.73. The summed E-state index contributed by atoms with van der Waals surface area (Å²) < 4.78 is 0. The summed E-state index contributed by atoms with van der Waals surface area (Å²) in [6, 6.07) is 10.1. The van der Waals surface area contributed by atoms with Crippen LogP contribution < -0.4 is 5.32 Å². The van der Waals surface area contributed by atoms with Crippen molar-refractivity contribution in [2.75, 3.05) is 11.5 Å². The van der Waals surface area contributed by atoms with Gasteiger partial charge in [-0.2, -0.15) is 11.8 Å². The van der Waals surface area contributed by atoms with Gasteiger partial charge < -0.3 is 10.4 Å². The molecule has 1 atom stereocenters. The lowest BCUT2D eigenvalue weighted by Crippen LogP contribution is -2.54. The molecule has 1 unspecified atom stereocenters. The number of nitrogens with one attached hydrogen (secondary N) is 1. The van der Waals surface area contributed by atoms with Crippen molar-refractivity contribution in [2.24, 2.45) is 0 Å². The maximum atomic E-state index is 12.2. The predicted molar refractivity (Wildman–Crippen MR) is 89.2 cm³/mol. The lowest BCUT2D eigenvalue weighted by atomic mass is 9.80. The van der Waals surface area contributed by atoms with Crippen molar-refractivity contribution in [2.45, 2.75) is 44.1 Å². The van der Waals surface area contributed by atoms with Crippen LogP contribution in [0.2, 0.25) is 0 Å². The molecule has 1 fully saturated rings. The number of hydrogen-bond acceptors (Lipinski definition) is 3. The zero-order valence-corrected chi connectivity index (χ0v) is 13.9. The van der Waals surface area contributed by atoms with Gasteiger partial charge in [-0.1, -0.05) is 44.2 Å². The molecule has 1 heterocycles. The van der Waals surface area contributed by atoms with E-state index in [4.69, 9.17) is 0 Å². The summed E-state index contributed by atoms with van der Waals surface area (Å²) >= 11 is 1.58. The van der Waals surface area contributed by atoms with Crippen LogP contribution in [-0.2, 0) is 15.0 Å². The third-order valence-corrected chi connectivity index (χ3v) is 5.53. The molecule has 1 aliphatic heterocycles. The molecule has 1 aliphatic rings. The van der Waals surface area contributed by atoms with Gasteiger partial charge in [0, 0.05) is 12.2 Å². The van der Waals surface area contributed by atoms with Gasteiger partial charge in [0.1, 0.15) is 5.54 Å². The molecule has 1 saturated heterocycles. The molecule has 1 aromatic rings. The number of aliphatic carboxylic acids is 1. The average molecular weight is 321 g/mol. The van der Waals surface area contributed by atoms with Gasteiger partial charge in [0.25, 0.3) is 0 Å². The Balaban J connectivity index is 1.94. The van der Waals surface area contributed by atoms with Crippen LogP contribution in [0.25, 0.3) is 0 Å². The van der Waals surface area contributed by atoms with Gasteiger partial charge in [-0.25, -0.2) is 4.79 Å². The van der Waals surface area contributed by atoms with E-state index in [1.54, 1.807) is 11.8 Å². The minimum atomic E-state index is -1.07. The SMILES string of the molecule is CC(C)(CCC(=O)NC1(C(=O)O)CCSC1)c1ccccc1. The Morgan fingerprint density at radius 3 is 2.55 bits per heavy atom. The fourth-order valence-electron chi connectivity index (χ4n) is 2.67. The normalized spacial score (nSPS) is 21.5. The van der Waals surface area contributed by atoms with Gasteiger partial charge in [0.15, 0.2) is 0 Å². The summed E-state index contributed by atoms with van der Waals surface area (Å²) in [6.07, 6.45) is 1.52. The van der Waals surface area contributed by atoms with E-state index >= 15 is 0 Å². The fraction of sp³-hybridized carbons (Fsp3) is 0.529. The number of hydrogen-bond donors (Lipinski definition) is 2. The third kappa shape index (κ3) is 3.83. The van der Waals surface area contributed by atoms with Crippen molar-refractivity contribution >= 4 is 23.6 Å². The monoisotopic (exact) mass is 321 g/mol. The lowest BCUT2D eigenvalue weighted by molar-refractivity contribution is -0.146. The van der Waals surface area contributed by atoms with Gasteiger partial charge >= 0.3 is 5.97 Å². The van der Waals surface area contributed by atoms with Crippen molar-refractivity contribution in [1.82, 2.24) is 5.32 Å². The molecule has 4 nitrogen and oxygen atoms in total. The van der Waals surface area contributed by atoms with Gasteiger partial charge in [-0.15, -0.1) is 0 Å². The Morgan fingerprint density at radius 2 is 2.00 bits per heavy atom. The topological polar surface area (TPSA) is 66.4 Å². The number of rotatable bonds is 6. The largest absolute Gasteiger partial charge is 0.479 e. The molecule has 2 N–H and O–H groups in total. The Hall–Kier alpha value is -1.49. The minimum absolute atomic E-state index is 0.112. The highest BCUT2D eigenvalue weighted by molar-refractivity contribution is 7.99. The van der Waals surface area contributed by atoms with Gasteiger partial charge in [0.05, 0.1) is 0 Å². The lowest BCUT2D eigenvalue weighted by Gasteiger charge is -2.27. The molecule has 5 heteroatoms.